The number of carbonyl (C=O) groups is 2. The number of hydrogen-bond acceptors (Lipinski definition) is 9. The molecule has 11 nitrogen and oxygen atoms in total. The van der Waals surface area contributed by atoms with Crippen molar-refractivity contribution in [1.82, 2.24) is 0 Å². The van der Waals surface area contributed by atoms with Crippen LogP contribution < -0.4 is 15.4 Å². The van der Waals surface area contributed by atoms with Crippen molar-refractivity contribution in [3.05, 3.63) is 36.4 Å². The summed E-state index contributed by atoms with van der Waals surface area (Å²) in [5, 5.41) is 22.9. The Morgan fingerprint density at radius 3 is 1.42 bits per heavy atom. The molecule has 0 unspecified atom stereocenters. The van der Waals surface area contributed by atoms with E-state index in [2.05, 4.69) is 10.6 Å². The van der Waals surface area contributed by atoms with Crippen molar-refractivity contribution in [3.63, 3.8) is 0 Å². The second-order valence-electron chi connectivity index (χ2n) is 6.87. The fraction of sp³-hybridized carbons (Fsp3) is 0.300. The minimum absolute atomic E-state index is 0.00673. The lowest BCUT2D eigenvalue weighted by atomic mass is 10.2. The van der Waals surface area contributed by atoms with Gasteiger partial charge in [-0.05, 0) is 36.4 Å². The lowest BCUT2D eigenvalue weighted by Gasteiger charge is -2.16. The predicted octanol–water partition coefficient (Wildman–Crippen LogP) is 0.928. The first-order chi connectivity index (χ1) is 15.4. The smallest absolute Gasteiger partial charge is 0.221 e. The molecule has 0 saturated carbocycles. The largest absolute Gasteiger partial charge is 0.453 e. The topological polar surface area (TPSA) is 176 Å². The third-order valence-corrected chi connectivity index (χ3v) is 7.57. The molecule has 13 heteroatoms. The van der Waals surface area contributed by atoms with E-state index in [0.29, 0.717) is 0 Å². The maximum absolute atomic E-state index is 12.3. The minimum Gasteiger partial charge on any atom is -0.453 e. The molecule has 0 atom stereocenters. The van der Waals surface area contributed by atoms with E-state index in [1.165, 1.54) is 50.2 Å². The van der Waals surface area contributed by atoms with Crippen LogP contribution in [0.15, 0.2) is 46.2 Å². The molecule has 2 amide bonds. The fourth-order valence-corrected chi connectivity index (χ4v) is 4.85. The molecule has 0 aromatic heterocycles. The highest BCUT2D eigenvalue weighted by Crippen LogP contribution is 2.37. The molecule has 0 spiro atoms. The van der Waals surface area contributed by atoms with Crippen molar-refractivity contribution in [1.29, 1.82) is 0 Å². The number of rotatable bonds is 10. The van der Waals surface area contributed by atoms with Gasteiger partial charge in [-0.2, -0.15) is 0 Å². The lowest BCUT2D eigenvalue weighted by molar-refractivity contribution is -0.115. The second-order valence-corrected chi connectivity index (χ2v) is 11.1. The molecule has 33 heavy (non-hydrogen) atoms. The highest BCUT2D eigenvalue weighted by atomic mass is 32.2. The van der Waals surface area contributed by atoms with Gasteiger partial charge in [0.2, 0.25) is 11.8 Å². The van der Waals surface area contributed by atoms with Crippen molar-refractivity contribution in [3.8, 4) is 11.5 Å². The Bertz CT molecular complexity index is 1160. The molecule has 0 bridgehead atoms. The summed E-state index contributed by atoms with van der Waals surface area (Å²) in [6.45, 7) is 1.26. The van der Waals surface area contributed by atoms with Gasteiger partial charge in [0.1, 0.15) is 0 Å². The van der Waals surface area contributed by atoms with E-state index < -0.39 is 56.2 Å². The van der Waals surface area contributed by atoms with Gasteiger partial charge in [-0.25, -0.2) is 16.8 Å². The van der Waals surface area contributed by atoms with E-state index in [1.807, 2.05) is 0 Å². The van der Waals surface area contributed by atoms with Crippen LogP contribution in [0, 0.1) is 0 Å². The molecule has 2 rings (SSSR count). The van der Waals surface area contributed by atoms with Crippen LogP contribution in [0.2, 0.25) is 0 Å². The molecule has 2 aromatic carbocycles. The van der Waals surface area contributed by atoms with E-state index in [0.717, 1.165) is 0 Å². The van der Waals surface area contributed by atoms with Gasteiger partial charge in [0.25, 0.3) is 0 Å². The number of benzene rings is 2. The van der Waals surface area contributed by atoms with E-state index >= 15 is 0 Å². The van der Waals surface area contributed by atoms with Gasteiger partial charge in [-0.3, -0.25) is 9.59 Å². The number of ether oxygens (including phenoxy) is 1. The van der Waals surface area contributed by atoms with Crippen LogP contribution in [0.3, 0.4) is 0 Å². The molecule has 0 aliphatic heterocycles. The number of aliphatic hydroxyl groups excluding tert-OH is 2. The molecular formula is C20H24N2O9S2. The summed E-state index contributed by atoms with van der Waals surface area (Å²) in [4.78, 5) is 23.0. The first-order valence-electron chi connectivity index (χ1n) is 9.58. The zero-order chi connectivity index (χ0) is 24.8. The third kappa shape index (κ3) is 6.99. The Hall–Kier alpha value is -3.00. The first kappa shape index (κ1) is 26.3. The monoisotopic (exact) mass is 500 g/mol. The Morgan fingerprint density at radius 1 is 0.758 bits per heavy atom. The van der Waals surface area contributed by atoms with Crippen LogP contribution in [0.5, 0.6) is 11.5 Å². The van der Waals surface area contributed by atoms with Crippen molar-refractivity contribution in [2.24, 2.45) is 0 Å². The quantitative estimate of drug-likeness (QED) is 0.369. The van der Waals surface area contributed by atoms with Gasteiger partial charge in [-0.15, -0.1) is 0 Å². The van der Waals surface area contributed by atoms with Crippen molar-refractivity contribution in [2.45, 2.75) is 23.6 Å². The zero-order valence-corrected chi connectivity index (χ0v) is 19.5. The van der Waals surface area contributed by atoms with Crippen LogP contribution in [0.4, 0.5) is 11.4 Å². The molecule has 0 fully saturated rings. The highest BCUT2D eigenvalue weighted by molar-refractivity contribution is 7.91. The van der Waals surface area contributed by atoms with E-state index in [4.69, 9.17) is 14.9 Å². The summed E-state index contributed by atoms with van der Waals surface area (Å²) in [6.07, 6.45) is 0. The van der Waals surface area contributed by atoms with Crippen LogP contribution in [-0.2, 0) is 29.3 Å². The average Bonchev–Trinajstić information content (AvgIpc) is 2.69. The Kier molecular flexibility index (Phi) is 8.55. The number of sulfone groups is 2. The summed E-state index contributed by atoms with van der Waals surface area (Å²) in [7, 11) is -7.62. The molecule has 0 heterocycles. The van der Waals surface area contributed by atoms with Gasteiger partial charge in [0.05, 0.1) is 45.9 Å². The number of hydrogen-bond donors (Lipinski definition) is 4. The Labute approximate surface area is 191 Å². The van der Waals surface area contributed by atoms with Gasteiger partial charge in [0.15, 0.2) is 31.2 Å². The summed E-state index contributed by atoms with van der Waals surface area (Å²) in [5.74, 6) is -2.00. The number of nitrogens with one attached hydrogen (secondary N) is 2. The van der Waals surface area contributed by atoms with Gasteiger partial charge in [-0.1, -0.05) is 0 Å². The molecule has 2 aromatic rings. The van der Waals surface area contributed by atoms with Crippen LogP contribution >= 0.6 is 0 Å². The molecule has 180 valence electrons. The van der Waals surface area contributed by atoms with Gasteiger partial charge in [0, 0.05) is 13.8 Å². The third-order valence-electron chi connectivity index (χ3n) is 4.18. The minimum atomic E-state index is -3.81. The van der Waals surface area contributed by atoms with Crippen LogP contribution in [-0.4, -0.2) is 63.6 Å². The lowest BCUT2D eigenvalue weighted by Crippen LogP contribution is -2.13. The van der Waals surface area contributed by atoms with Gasteiger partial charge < -0.3 is 25.6 Å². The standard InChI is InChI=1S/C20H24N2O9S2/c1-13(25)21-17-11-15(32(27,28)9-7-23)3-5-19(17)31-20-6-4-16(33(29,30)10-8-24)12-18(20)22-14(2)26/h3-6,11-12,23-24H,7-10H2,1-2H3,(H,21,25)(H,22,26). The molecule has 0 aliphatic rings. The van der Waals surface area contributed by atoms with Crippen LogP contribution in [0.1, 0.15) is 13.8 Å². The number of carbonyl (C=O) groups excluding carboxylic acids is 2. The summed E-state index contributed by atoms with van der Waals surface area (Å²) in [5.41, 5.74) is 0.0135. The predicted molar refractivity (Wildman–Crippen MR) is 120 cm³/mol. The highest BCUT2D eigenvalue weighted by Gasteiger charge is 2.20. The average molecular weight is 501 g/mol. The normalized spacial score (nSPS) is 11.6. The number of amides is 2. The fourth-order valence-electron chi connectivity index (χ4n) is 2.75. The second kappa shape index (κ2) is 10.7. The zero-order valence-electron chi connectivity index (χ0n) is 17.9. The van der Waals surface area contributed by atoms with E-state index in [-0.39, 0.29) is 32.7 Å². The number of aliphatic hydroxyl groups is 2. The Balaban J connectivity index is 2.55. The molecular weight excluding hydrogens is 476 g/mol. The molecule has 0 saturated heterocycles. The maximum Gasteiger partial charge on any atom is 0.221 e. The Morgan fingerprint density at radius 2 is 1.12 bits per heavy atom. The summed E-state index contributed by atoms with van der Waals surface area (Å²) < 4.78 is 54.8. The van der Waals surface area contributed by atoms with Crippen LogP contribution in [0.25, 0.3) is 0 Å². The SMILES string of the molecule is CC(=O)Nc1cc(S(=O)(=O)CCO)ccc1Oc1ccc(S(=O)(=O)CCO)cc1NC(C)=O. The van der Waals surface area contributed by atoms with E-state index in [9.17, 15) is 26.4 Å². The number of anilines is 2. The molecule has 4 N–H and O–H groups in total. The van der Waals surface area contributed by atoms with Crippen molar-refractivity contribution in [2.75, 3.05) is 35.4 Å². The van der Waals surface area contributed by atoms with Crippen molar-refractivity contribution < 1.29 is 41.4 Å². The van der Waals surface area contributed by atoms with Gasteiger partial charge >= 0.3 is 0 Å². The summed E-state index contributed by atoms with van der Waals surface area (Å²) in [6, 6.07) is 7.35. The molecule has 0 radical (unpaired) electrons. The van der Waals surface area contributed by atoms with Crippen molar-refractivity contribution >= 4 is 42.9 Å². The maximum atomic E-state index is 12.3. The van der Waals surface area contributed by atoms with E-state index in [1.54, 1.807) is 0 Å². The molecule has 0 aliphatic carbocycles. The summed E-state index contributed by atoms with van der Waals surface area (Å²) >= 11 is 0. The first-order valence-corrected chi connectivity index (χ1v) is 12.9.